The van der Waals surface area contributed by atoms with Crippen LogP contribution in [0.3, 0.4) is 0 Å². The average molecular weight is 509 g/mol. The maximum absolute atomic E-state index is 5.88. The maximum atomic E-state index is 5.88. The summed E-state index contributed by atoms with van der Waals surface area (Å²) in [6, 6.07) is 31.9. The van der Waals surface area contributed by atoms with E-state index in [9.17, 15) is 0 Å². The summed E-state index contributed by atoms with van der Waals surface area (Å²) >= 11 is 0. The van der Waals surface area contributed by atoms with E-state index in [-0.39, 0.29) is 0 Å². The van der Waals surface area contributed by atoms with Crippen molar-refractivity contribution in [2.45, 2.75) is 64.2 Å². The summed E-state index contributed by atoms with van der Waals surface area (Å²) in [5, 5.41) is 0. The molecule has 0 spiro atoms. The SMILES string of the molecule is Nc1ccc(Oc2ccc(CCCCCCCCCCc3ccc(Oc4ccc(N)cc4)cc3)cc2)cc1. The lowest BCUT2D eigenvalue weighted by molar-refractivity contribution is 0.482. The van der Waals surface area contributed by atoms with Crippen LogP contribution in [0.1, 0.15) is 62.5 Å². The molecule has 0 radical (unpaired) electrons. The van der Waals surface area contributed by atoms with Gasteiger partial charge in [0.15, 0.2) is 0 Å². The van der Waals surface area contributed by atoms with Crippen molar-refractivity contribution in [1.82, 2.24) is 0 Å². The number of ether oxygens (including phenoxy) is 2. The minimum atomic E-state index is 0.743. The van der Waals surface area contributed by atoms with Crippen LogP contribution in [0.4, 0.5) is 11.4 Å². The van der Waals surface area contributed by atoms with Crippen LogP contribution in [0.25, 0.3) is 0 Å². The number of hydrogen-bond acceptors (Lipinski definition) is 4. The molecule has 4 aromatic rings. The zero-order chi connectivity index (χ0) is 26.4. The molecule has 4 rings (SSSR count). The fourth-order valence-corrected chi connectivity index (χ4v) is 4.51. The molecular formula is C34H40N2O2. The first kappa shape index (κ1) is 27.1. The number of aryl methyl sites for hydroxylation is 2. The summed E-state index contributed by atoms with van der Waals surface area (Å²) in [5.74, 6) is 3.34. The number of rotatable bonds is 15. The number of nitrogen functional groups attached to an aromatic ring is 2. The molecule has 4 nitrogen and oxygen atoms in total. The van der Waals surface area contributed by atoms with Crippen LogP contribution in [0.2, 0.25) is 0 Å². The second-order valence-corrected chi connectivity index (χ2v) is 9.96. The molecule has 0 aliphatic carbocycles. The highest BCUT2D eigenvalue weighted by molar-refractivity contribution is 5.44. The fraction of sp³-hybridized carbons (Fsp3) is 0.294. The lowest BCUT2D eigenvalue weighted by Gasteiger charge is -2.08. The Kier molecular flexibility index (Phi) is 10.5. The van der Waals surface area contributed by atoms with E-state index in [0.717, 1.165) is 47.2 Å². The van der Waals surface area contributed by atoms with E-state index in [1.807, 2.05) is 48.5 Å². The van der Waals surface area contributed by atoms with Crippen molar-refractivity contribution in [1.29, 1.82) is 0 Å². The van der Waals surface area contributed by atoms with Crippen LogP contribution in [-0.4, -0.2) is 0 Å². The highest BCUT2D eigenvalue weighted by Gasteiger charge is 2.01. The molecule has 0 saturated heterocycles. The van der Waals surface area contributed by atoms with Crippen molar-refractivity contribution in [3.8, 4) is 23.0 Å². The van der Waals surface area contributed by atoms with Crippen LogP contribution >= 0.6 is 0 Å². The van der Waals surface area contributed by atoms with E-state index < -0.39 is 0 Å². The van der Waals surface area contributed by atoms with Crippen molar-refractivity contribution in [3.05, 3.63) is 108 Å². The molecule has 0 aliphatic rings. The highest BCUT2D eigenvalue weighted by Crippen LogP contribution is 2.24. The van der Waals surface area contributed by atoms with E-state index in [0.29, 0.717) is 0 Å². The van der Waals surface area contributed by atoms with Gasteiger partial charge < -0.3 is 20.9 Å². The van der Waals surface area contributed by atoms with E-state index in [4.69, 9.17) is 20.9 Å². The predicted octanol–water partition coefficient (Wildman–Crippen LogP) is 9.34. The van der Waals surface area contributed by atoms with Crippen molar-refractivity contribution < 1.29 is 9.47 Å². The van der Waals surface area contributed by atoms with Gasteiger partial charge in [-0.3, -0.25) is 0 Å². The quantitative estimate of drug-likeness (QED) is 0.124. The molecule has 0 unspecified atom stereocenters. The van der Waals surface area contributed by atoms with Crippen LogP contribution in [0.15, 0.2) is 97.1 Å². The number of anilines is 2. The monoisotopic (exact) mass is 508 g/mol. The zero-order valence-corrected chi connectivity index (χ0v) is 22.3. The van der Waals surface area contributed by atoms with E-state index in [1.165, 1.54) is 62.5 Å². The Labute approximate surface area is 227 Å². The molecule has 0 fully saturated rings. The van der Waals surface area contributed by atoms with E-state index in [2.05, 4.69) is 48.5 Å². The van der Waals surface area contributed by atoms with Crippen molar-refractivity contribution in [3.63, 3.8) is 0 Å². The summed E-state index contributed by atoms with van der Waals surface area (Å²) in [4.78, 5) is 0. The first-order chi connectivity index (χ1) is 18.6. The Morgan fingerprint density at radius 3 is 0.921 bits per heavy atom. The normalized spacial score (nSPS) is 10.8. The molecule has 4 heteroatoms. The minimum Gasteiger partial charge on any atom is -0.457 e. The van der Waals surface area contributed by atoms with Gasteiger partial charge in [-0.2, -0.15) is 0 Å². The Bertz CT molecular complexity index is 1100. The van der Waals surface area contributed by atoms with Crippen LogP contribution in [0, 0.1) is 0 Å². The van der Waals surface area contributed by atoms with Gasteiger partial charge in [-0.25, -0.2) is 0 Å². The van der Waals surface area contributed by atoms with Gasteiger partial charge in [-0.15, -0.1) is 0 Å². The molecule has 0 aliphatic heterocycles. The Balaban J connectivity index is 1.00. The molecule has 198 valence electrons. The largest absolute Gasteiger partial charge is 0.457 e. The third-order valence-corrected chi connectivity index (χ3v) is 6.76. The van der Waals surface area contributed by atoms with E-state index >= 15 is 0 Å². The van der Waals surface area contributed by atoms with E-state index in [1.54, 1.807) is 0 Å². The zero-order valence-electron chi connectivity index (χ0n) is 22.3. The van der Waals surface area contributed by atoms with Gasteiger partial charge in [0.25, 0.3) is 0 Å². The second kappa shape index (κ2) is 14.7. The van der Waals surface area contributed by atoms with Gasteiger partial charge in [0, 0.05) is 11.4 Å². The van der Waals surface area contributed by atoms with Crippen molar-refractivity contribution in [2.24, 2.45) is 0 Å². The van der Waals surface area contributed by atoms with Crippen LogP contribution < -0.4 is 20.9 Å². The highest BCUT2D eigenvalue weighted by atomic mass is 16.5. The van der Waals surface area contributed by atoms with Gasteiger partial charge >= 0.3 is 0 Å². The average Bonchev–Trinajstić information content (AvgIpc) is 2.94. The topological polar surface area (TPSA) is 70.5 Å². The van der Waals surface area contributed by atoms with Gasteiger partial charge in [0.05, 0.1) is 0 Å². The van der Waals surface area contributed by atoms with Gasteiger partial charge in [0.1, 0.15) is 23.0 Å². The Morgan fingerprint density at radius 1 is 0.342 bits per heavy atom. The third-order valence-electron chi connectivity index (χ3n) is 6.76. The lowest BCUT2D eigenvalue weighted by Crippen LogP contribution is -1.90. The molecule has 4 N–H and O–H groups in total. The summed E-state index contributed by atoms with van der Waals surface area (Å²) < 4.78 is 11.8. The maximum Gasteiger partial charge on any atom is 0.127 e. The first-order valence-electron chi connectivity index (χ1n) is 13.9. The minimum absolute atomic E-state index is 0.743. The van der Waals surface area contributed by atoms with Crippen LogP contribution in [-0.2, 0) is 12.8 Å². The van der Waals surface area contributed by atoms with Crippen molar-refractivity contribution >= 4 is 11.4 Å². The van der Waals surface area contributed by atoms with Crippen molar-refractivity contribution in [2.75, 3.05) is 11.5 Å². The summed E-state index contributed by atoms with van der Waals surface area (Å²) in [5.41, 5.74) is 15.7. The summed E-state index contributed by atoms with van der Waals surface area (Å²) in [6.45, 7) is 0. The summed E-state index contributed by atoms with van der Waals surface area (Å²) in [6.07, 6.45) is 12.7. The molecule has 4 aromatic carbocycles. The molecule has 0 saturated carbocycles. The molecule has 0 amide bonds. The Morgan fingerprint density at radius 2 is 0.605 bits per heavy atom. The number of unbranched alkanes of at least 4 members (excludes halogenated alkanes) is 7. The molecule has 0 bridgehead atoms. The second-order valence-electron chi connectivity index (χ2n) is 9.96. The lowest BCUT2D eigenvalue weighted by atomic mass is 10.0. The standard InChI is InChI=1S/C34H40N2O2/c35-29-15-23-33(24-16-29)37-31-19-11-27(12-20-31)9-7-5-3-1-2-4-6-8-10-28-13-21-32(22-14-28)38-34-25-17-30(36)18-26-34/h11-26H,1-10,35-36H2. The number of benzene rings is 4. The number of hydrogen-bond donors (Lipinski definition) is 2. The van der Waals surface area contributed by atoms with Gasteiger partial charge in [-0.1, -0.05) is 62.8 Å². The number of nitrogens with two attached hydrogens (primary N) is 2. The smallest absolute Gasteiger partial charge is 0.127 e. The van der Waals surface area contributed by atoms with Gasteiger partial charge in [-0.05, 0) is 110 Å². The molecule has 38 heavy (non-hydrogen) atoms. The predicted molar refractivity (Wildman–Crippen MR) is 159 cm³/mol. The molecule has 0 atom stereocenters. The Hall–Kier alpha value is -3.92. The van der Waals surface area contributed by atoms with Gasteiger partial charge in [0.2, 0.25) is 0 Å². The molecule has 0 heterocycles. The molecule has 0 aromatic heterocycles. The molecular weight excluding hydrogens is 468 g/mol. The summed E-state index contributed by atoms with van der Waals surface area (Å²) in [7, 11) is 0. The van der Waals surface area contributed by atoms with Crippen LogP contribution in [0.5, 0.6) is 23.0 Å². The fourth-order valence-electron chi connectivity index (χ4n) is 4.51. The third kappa shape index (κ3) is 9.51. The first-order valence-corrected chi connectivity index (χ1v) is 13.9.